The predicted octanol–water partition coefficient (Wildman–Crippen LogP) is 2.71. The number of halogens is 2. The summed E-state index contributed by atoms with van der Waals surface area (Å²) in [5.74, 6) is -0.454. The van der Waals surface area contributed by atoms with Crippen LogP contribution in [-0.4, -0.2) is 28.6 Å². The topological polar surface area (TPSA) is 25.4 Å². The van der Waals surface area contributed by atoms with Crippen LogP contribution in [0.15, 0.2) is 29.9 Å². The lowest BCUT2D eigenvalue weighted by Crippen LogP contribution is -2.19. The SMILES string of the molecule is CN(Cc1ccc(Cl)nc1)C1=C(F)C(=S)OC1. The van der Waals surface area contributed by atoms with Gasteiger partial charge in [-0.25, -0.2) is 4.98 Å². The molecule has 17 heavy (non-hydrogen) atoms. The summed E-state index contributed by atoms with van der Waals surface area (Å²) in [6.45, 7) is 0.709. The van der Waals surface area contributed by atoms with Gasteiger partial charge < -0.3 is 9.64 Å². The molecule has 0 saturated heterocycles. The maximum atomic E-state index is 13.5. The molecule has 1 aromatic rings. The van der Waals surface area contributed by atoms with Gasteiger partial charge in [-0.1, -0.05) is 17.7 Å². The van der Waals surface area contributed by atoms with Crippen molar-refractivity contribution in [3.8, 4) is 0 Å². The number of rotatable bonds is 3. The fraction of sp³-hybridized carbons (Fsp3) is 0.273. The van der Waals surface area contributed by atoms with Crippen LogP contribution in [0, 0.1) is 0 Å². The van der Waals surface area contributed by atoms with E-state index in [0.29, 0.717) is 17.4 Å². The molecule has 1 aromatic heterocycles. The summed E-state index contributed by atoms with van der Waals surface area (Å²) in [6, 6.07) is 3.55. The minimum absolute atomic E-state index is 0.0684. The highest BCUT2D eigenvalue weighted by molar-refractivity contribution is 7.80. The van der Waals surface area contributed by atoms with Crippen molar-refractivity contribution in [1.29, 1.82) is 0 Å². The van der Waals surface area contributed by atoms with Gasteiger partial charge >= 0.3 is 0 Å². The summed E-state index contributed by atoms with van der Waals surface area (Å²) in [5.41, 5.74) is 1.40. The van der Waals surface area contributed by atoms with E-state index in [4.69, 9.17) is 28.6 Å². The van der Waals surface area contributed by atoms with Crippen LogP contribution in [0.2, 0.25) is 5.15 Å². The molecule has 2 heterocycles. The van der Waals surface area contributed by atoms with Gasteiger partial charge in [0.2, 0.25) is 5.05 Å². The van der Waals surface area contributed by atoms with E-state index in [-0.39, 0.29) is 11.7 Å². The fourth-order valence-corrected chi connectivity index (χ4v) is 1.81. The third-order valence-electron chi connectivity index (χ3n) is 2.44. The Bertz CT molecular complexity index is 475. The first-order valence-electron chi connectivity index (χ1n) is 4.95. The molecular formula is C11H10ClFN2OS. The lowest BCUT2D eigenvalue weighted by Gasteiger charge is -2.18. The van der Waals surface area contributed by atoms with Gasteiger partial charge in [-0.2, -0.15) is 4.39 Å². The number of nitrogens with zero attached hydrogens (tertiary/aromatic N) is 2. The Balaban J connectivity index is 2.09. The molecule has 0 bridgehead atoms. The van der Waals surface area contributed by atoms with E-state index in [1.54, 1.807) is 24.2 Å². The van der Waals surface area contributed by atoms with Crippen molar-refractivity contribution < 1.29 is 9.13 Å². The van der Waals surface area contributed by atoms with Crippen molar-refractivity contribution >= 4 is 28.9 Å². The largest absolute Gasteiger partial charge is 0.475 e. The maximum absolute atomic E-state index is 13.5. The molecule has 0 atom stereocenters. The molecule has 0 N–H and O–H groups in total. The summed E-state index contributed by atoms with van der Waals surface area (Å²) in [7, 11) is 1.78. The van der Waals surface area contributed by atoms with Gasteiger partial charge in [0, 0.05) is 19.8 Å². The van der Waals surface area contributed by atoms with Gasteiger partial charge in [0.15, 0.2) is 5.83 Å². The first kappa shape index (κ1) is 12.3. The van der Waals surface area contributed by atoms with E-state index < -0.39 is 5.83 Å². The normalized spacial score (nSPS) is 15.1. The number of hydrogen-bond acceptors (Lipinski definition) is 4. The first-order chi connectivity index (χ1) is 8.08. The Kier molecular flexibility index (Phi) is 3.59. The molecule has 0 spiro atoms. The smallest absolute Gasteiger partial charge is 0.222 e. The van der Waals surface area contributed by atoms with Crippen LogP contribution in [0.5, 0.6) is 0 Å². The summed E-state index contributed by atoms with van der Waals surface area (Å²) in [5, 5.41) is 0.369. The lowest BCUT2D eigenvalue weighted by atomic mass is 10.2. The molecule has 0 unspecified atom stereocenters. The van der Waals surface area contributed by atoms with E-state index in [0.717, 1.165) is 5.56 Å². The molecule has 2 rings (SSSR count). The van der Waals surface area contributed by atoms with Crippen molar-refractivity contribution in [2.45, 2.75) is 6.54 Å². The van der Waals surface area contributed by atoms with Crippen molar-refractivity contribution in [3.05, 3.63) is 40.6 Å². The summed E-state index contributed by atoms with van der Waals surface area (Å²) >= 11 is 10.4. The number of likely N-dealkylation sites (N-methyl/N-ethyl adjacent to an activating group) is 1. The van der Waals surface area contributed by atoms with Gasteiger partial charge in [0.05, 0.1) is 5.70 Å². The second-order valence-corrected chi connectivity index (χ2v) is 4.44. The van der Waals surface area contributed by atoms with Crippen LogP contribution in [-0.2, 0) is 11.3 Å². The third-order valence-corrected chi connectivity index (χ3v) is 2.96. The highest BCUT2D eigenvalue weighted by Gasteiger charge is 2.24. The zero-order valence-corrected chi connectivity index (χ0v) is 10.7. The summed E-state index contributed by atoms with van der Waals surface area (Å²) < 4.78 is 18.5. The van der Waals surface area contributed by atoms with Crippen LogP contribution < -0.4 is 0 Å². The molecule has 0 aromatic carbocycles. The highest BCUT2D eigenvalue weighted by Crippen LogP contribution is 2.22. The van der Waals surface area contributed by atoms with E-state index in [9.17, 15) is 4.39 Å². The number of aromatic nitrogens is 1. The van der Waals surface area contributed by atoms with E-state index >= 15 is 0 Å². The maximum Gasteiger partial charge on any atom is 0.222 e. The molecule has 1 aliphatic heterocycles. The van der Waals surface area contributed by atoms with Crippen molar-refractivity contribution in [1.82, 2.24) is 9.88 Å². The molecule has 0 fully saturated rings. The van der Waals surface area contributed by atoms with Crippen molar-refractivity contribution in [2.75, 3.05) is 13.7 Å². The zero-order chi connectivity index (χ0) is 12.4. The molecule has 6 heteroatoms. The van der Waals surface area contributed by atoms with Gasteiger partial charge in [0.1, 0.15) is 11.8 Å². The average Bonchev–Trinajstić information content (AvgIpc) is 2.63. The summed E-state index contributed by atoms with van der Waals surface area (Å²) in [4.78, 5) is 5.71. The minimum Gasteiger partial charge on any atom is -0.475 e. The van der Waals surface area contributed by atoms with Crippen molar-refractivity contribution in [2.24, 2.45) is 0 Å². The van der Waals surface area contributed by atoms with Crippen LogP contribution in [0.3, 0.4) is 0 Å². The van der Waals surface area contributed by atoms with Gasteiger partial charge in [-0.3, -0.25) is 0 Å². The van der Waals surface area contributed by atoms with E-state index in [1.165, 1.54) is 0 Å². The standard InChI is InChI=1S/C11H10ClFN2OS/c1-15(8-6-16-11(17)10(8)13)5-7-2-3-9(12)14-4-7/h2-4H,5-6H2,1H3. The van der Waals surface area contributed by atoms with Crippen LogP contribution in [0.25, 0.3) is 0 Å². The van der Waals surface area contributed by atoms with Gasteiger partial charge in [0.25, 0.3) is 0 Å². The molecule has 3 nitrogen and oxygen atoms in total. The third kappa shape index (κ3) is 2.73. The Hall–Kier alpha value is -1.20. The second-order valence-electron chi connectivity index (χ2n) is 3.68. The number of ether oxygens (including phenoxy) is 1. The average molecular weight is 273 g/mol. The zero-order valence-electron chi connectivity index (χ0n) is 9.11. The Morgan fingerprint density at radius 1 is 1.59 bits per heavy atom. The Morgan fingerprint density at radius 2 is 2.35 bits per heavy atom. The Labute approximate surface area is 109 Å². The molecule has 0 aliphatic carbocycles. The quantitative estimate of drug-likeness (QED) is 0.624. The monoisotopic (exact) mass is 272 g/mol. The van der Waals surface area contributed by atoms with Crippen molar-refractivity contribution in [3.63, 3.8) is 0 Å². The number of pyridine rings is 1. The molecule has 1 aliphatic rings. The predicted molar refractivity (Wildman–Crippen MR) is 67.4 cm³/mol. The molecule has 0 saturated carbocycles. The van der Waals surface area contributed by atoms with Crippen LogP contribution >= 0.6 is 23.8 Å². The van der Waals surface area contributed by atoms with E-state index in [1.807, 2.05) is 6.07 Å². The molecular weight excluding hydrogens is 263 g/mol. The van der Waals surface area contributed by atoms with Crippen LogP contribution in [0.4, 0.5) is 4.39 Å². The molecule has 0 amide bonds. The second kappa shape index (κ2) is 4.98. The first-order valence-corrected chi connectivity index (χ1v) is 5.74. The summed E-state index contributed by atoms with van der Waals surface area (Å²) in [6.07, 6.45) is 1.66. The minimum atomic E-state index is -0.454. The Morgan fingerprint density at radius 3 is 2.88 bits per heavy atom. The van der Waals surface area contributed by atoms with Gasteiger partial charge in [-0.15, -0.1) is 0 Å². The van der Waals surface area contributed by atoms with Crippen LogP contribution in [0.1, 0.15) is 5.56 Å². The highest BCUT2D eigenvalue weighted by atomic mass is 35.5. The molecule has 0 radical (unpaired) electrons. The number of thiocarbonyl (C=S) groups is 1. The van der Waals surface area contributed by atoms with Gasteiger partial charge in [-0.05, 0) is 23.8 Å². The van der Waals surface area contributed by atoms with E-state index in [2.05, 4.69) is 4.98 Å². The number of hydrogen-bond donors (Lipinski definition) is 0. The fourth-order valence-electron chi connectivity index (χ4n) is 1.53. The molecule has 90 valence electrons. The lowest BCUT2D eigenvalue weighted by molar-refractivity contribution is 0.304.